The molecule has 1 aliphatic heterocycles. The predicted molar refractivity (Wildman–Crippen MR) is 103 cm³/mol. The monoisotopic (exact) mass is 360 g/mol. The average Bonchev–Trinajstić information content (AvgIpc) is 3.17. The smallest absolute Gasteiger partial charge is 0.357 e. The fourth-order valence-electron chi connectivity index (χ4n) is 3.28. The number of amides is 1. The molecule has 1 aliphatic rings. The summed E-state index contributed by atoms with van der Waals surface area (Å²) in [5, 5.41) is 0. The first-order chi connectivity index (χ1) is 13.3. The van der Waals surface area contributed by atoms with Gasteiger partial charge in [0.25, 0.3) is 6.02 Å². The highest BCUT2D eigenvalue weighted by Gasteiger charge is 2.23. The van der Waals surface area contributed by atoms with Crippen LogP contribution in [0.1, 0.15) is 18.1 Å². The molecule has 27 heavy (non-hydrogen) atoms. The number of hydrogen-bond donors (Lipinski definition) is 0. The molecule has 0 saturated carbocycles. The minimum absolute atomic E-state index is 0.322. The average molecular weight is 360 g/mol. The Bertz CT molecular complexity index is 932. The first kappa shape index (κ1) is 17.0. The van der Waals surface area contributed by atoms with Gasteiger partial charge in [-0.15, -0.1) is 4.99 Å². The number of carbonyl (C=O) groups is 1. The van der Waals surface area contributed by atoms with Crippen LogP contribution in [0.15, 0.2) is 72.2 Å². The highest BCUT2D eigenvalue weighted by atomic mass is 16.5. The van der Waals surface area contributed by atoms with Crippen molar-refractivity contribution in [1.82, 2.24) is 14.5 Å². The van der Waals surface area contributed by atoms with E-state index in [-0.39, 0.29) is 0 Å². The van der Waals surface area contributed by atoms with E-state index in [9.17, 15) is 4.79 Å². The van der Waals surface area contributed by atoms with Gasteiger partial charge in [0.2, 0.25) is 0 Å². The van der Waals surface area contributed by atoms with E-state index in [1.807, 2.05) is 36.1 Å². The molecular weight excluding hydrogens is 340 g/mol. The molecule has 6 heteroatoms. The van der Waals surface area contributed by atoms with Crippen LogP contribution < -0.4 is 0 Å². The largest absolute Gasteiger partial charge is 0.465 e. The third kappa shape index (κ3) is 3.46. The van der Waals surface area contributed by atoms with E-state index in [0.717, 1.165) is 0 Å². The molecule has 6 nitrogen and oxygen atoms in total. The van der Waals surface area contributed by atoms with Gasteiger partial charge in [0, 0.05) is 25.5 Å². The Morgan fingerprint density at radius 1 is 1.07 bits per heavy atom. The number of fused-ring (bicyclic) bond motifs is 3. The molecule has 0 fully saturated rings. The molecule has 4 rings (SSSR count). The van der Waals surface area contributed by atoms with Gasteiger partial charge in [0.15, 0.2) is 0 Å². The van der Waals surface area contributed by atoms with Gasteiger partial charge in [-0.3, -0.25) is 4.57 Å². The number of aromatic nitrogens is 2. The third-order valence-electron chi connectivity index (χ3n) is 4.51. The Balaban J connectivity index is 1.75. The molecule has 0 atom stereocenters. The zero-order valence-electron chi connectivity index (χ0n) is 15.1. The number of ether oxygens (including phenoxy) is 1. The number of imidazole rings is 1. The molecule has 1 aromatic heterocycles. The molecule has 2 aromatic carbocycles. The third-order valence-corrected chi connectivity index (χ3v) is 4.51. The minimum atomic E-state index is -0.429. The number of carbonyl (C=O) groups excluding carboxylic acids is 1. The standard InChI is InChI=1S/C21H20N4O2/c1-2-27-21(23-20(26)24-12-11-22-15-24)25-13-16-7-3-5-9-18(16)19-10-6-4-8-17(19)14-25/h3-12,15H,2,13-14H2,1H3/b23-21-. The maximum atomic E-state index is 12.4. The van der Waals surface area contributed by atoms with Crippen molar-refractivity contribution in [2.24, 2.45) is 4.99 Å². The number of rotatable bonds is 1. The summed E-state index contributed by atoms with van der Waals surface area (Å²) < 4.78 is 7.09. The van der Waals surface area contributed by atoms with Gasteiger partial charge < -0.3 is 9.64 Å². The molecule has 136 valence electrons. The van der Waals surface area contributed by atoms with Crippen LogP contribution in [0, 0.1) is 0 Å². The Labute approximate surface area is 157 Å². The van der Waals surface area contributed by atoms with Gasteiger partial charge in [-0.25, -0.2) is 9.78 Å². The van der Waals surface area contributed by atoms with Crippen LogP contribution in [0.5, 0.6) is 0 Å². The number of benzene rings is 2. The highest BCUT2D eigenvalue weighted by Crippen LogP contribution is 2.32. The molecule has 0 aliphatic carbocycles. The molecular formula is C21H20N4O2. The topological polar surface area (TPSA) is 59.7 Å². The summed E-state index contributed by atoms with van der Waals surface area (Å²) in [5.74, 6) is 0. The van der Waals surface area contributed by atoms with Gasteiger partial charge >= 0.3 is 6.03 Å². The van der Waals surface area contributed by atoms with Crippen LogP contribution in [0.4, 0.5) is 4.79 Å². The molecule has 2 heterocycles. The number of nitrogens with zero attached hydrogens (tertiary/aromatic N) is 4. The second-order valence-electron chi connectivity index (χ2n) is 6.25. The Kier molecular flexibility index (Phi) is 4.70. The lowest BCUT2D eigenvalue weighted by molar-refractivity contribution is 0.227. The molecule has 0 bridgehead atoms. The number of hydrogen-bond acceptors (Lipinski definition) is 3. The van der Waals surface area contributed by atoms with E-state index < -0.39 is 6.03 Å². The summed E-state index contributed by atoms with van der Waals surface area (Å²) in [6.45, 7) is 3.54. The summed E-state index contributed by atoms with van der Waals surface area (Å²) in [7, 11) is 0. The van der Waals surface area contributed by atoms with E-state index in [1.165, 1.54) is 33.1 Å². The van der Waals surface area contributed by atoms with Crippen LogP contribution in [0.25, 0.3) is 11.1 Å². The Morgan fingerprint density at radius 3 is 2.26 bits per heavy atom. The van der Waals surface area contributed by atoms with Crippen LogP contribution >= 0.6 is 0 Å². The van der Waals surface area contributed by atoms with Gasteiger partial charge in [0.1, 0.15) is 6.33 Å². The quantitative estimate of drug-likeness (QED) is 0.487. The zero-order valence-corrected chi connectivity index (χ0v) is 15.1. The van der Waals surface area contributed by atoms with Gasteiger partial charge in [-0.2, -0.15) is 0 Å². The second kappa shape index (κ2) is 7.45. The van der Waals surface area contributed by atoms with E-state index in [2.05, 4.69) is 34.2 Å². The summed E-state index contributed by atoms with van der Waals surface area (Å²) in [6.07, 6.45) is 4.55. The fourth-order valence-corrected chi connectivity index (χ4v) is 3.28. The van der Waals surface area contributed by atoms with E-state index in [0.29, 0.717) is 25.7 Å². The SMILES string of the molecule is CCO/C(=N\C(=O)n1ccnc1)N1Cc2ccccc2-c2ccccc2C1. The van der Waals surface area contributed by atoms with Crippen molar-refractivity contribution in [2.75, 3.05) is 6.61 Å². The van der Waals surface area contributed by atoms with Gasteiger partial charge in [-0.05, 0) is 29.2 Å². The van der Waals surface area contributed by atoms with Crippen molar-refractivity contribution < 1.29 is 9.53 Å². The second-order valence-corrected chi connectivity index (χ2v) is 6.25. The van der Waals surface area contributed by atoms with Crippen LogP contribution in [0.2, 0.25) is 0 Å². The lowest BCUT2D eigenvalue weighted by atomic mass is 9.97. The molecule has 0 saturated heterocycles. The molecule has 0 spiro atoms. The molecule has 3 aromatic rings. The van der Waals surface area contributed by atoms with Crippen LogP contribution in [-0.2, 0) is 17.8 Å². The van der Waals surface area contributed by atoms with Crippen molar-refractivity contribution in [3.05, 3.63) is 78.4 Å². The maximum absolute atomic E-state index is 12.4. The summed E-state index contributed by atoms with van der Waals surface area (Å²) >= 11 is 0. The van der Waals surface area contributed by atoms with Crippen molar-refractivity contribution in [1.29, 1.82) is 0 Å². The maximum Gasteiger partial charge on any atom is 0.357 e. The zero-order chi connectivity index (χ0) is 18.6. The fraction of sp³-hybridized carbons (Fsp3) is 0.190. The van der Waals surface area contributed by atoms with E-state index in [4.69, 9.17) is 4.74 Å². The van der Waals surface area contributed by atoms with E-state index >= 15 is 0 Å². The number of amidine groups is 1. The van der Waals surface area contributed by atoms with Crippen molar-refractivity contribution >= 4 is 12.1 Å². The summed E-state index contributed by atoms with van der Waals surface area (Å²) in [4.78, 5) is 22.6. The van der Waals surface area contributed by atoms with Crippen molar-refractivity contribution in [3.8, 4) is 11.1 Å². The first-order valence-corrected chi connectivity index (χ1v) is 8.91. The molecule has 0 N–H and O–H groups in total. The normalized spacial score (nSPS) is 13.5. The first-order valence-electron chi connectivity index (χ1n) is 8.91. The number of aliphatic imine (C=N–C) groups is 1. The Morgan fingerprint density at radius 2 is 1.70 bits per heavy atom. The van der Waals surface area contributed by atoms with Crippen molar-refractivity contribution in [2.45, 2.75) is 20.0 Å². The predicted octanol–water partition coefficient (Wildman–Crippen LogP) is 3.93. The molecule has 1 amide bonds. The minimum Gasteiger partial charge on any atom is -0.465 e. The highest BCUT2D eigenvalue weighted by molar-refractivity contribution is 5.91. The van der Waals surface area contributed by atoms with Crippen LogP contribution in [-0.4, -0.2) is 33.1 Å². The lowest BCUT2D eigenvalue weighted by Gasteiger charge is -2.24. The van der Waals surface area contributed by atoms with Crippen molar-refractivity contribution in [3.63, 3.8) is 0 Å². The molecule has 0 radical (unpaired) electrons. The Hall–Kier alpha value is -3.41. The summed E-state index contributed by atoms with van der Waals surface area (Å²) in [6, 6.07) is 16.5. The van der Waals surface area contributed by atoms with Gasteiger partial charge in [-0.1, -0.05) is 48.5 Å². The van der Waals surface area contributed by atoms with E-state index in [1.54, 1.807) is 12.4 Å². The van der Waals surface area contributed by atoms with Crippen LogP contribution in [0.3, 0.4) is 0 Å². The summed E-state index contributed by atoms with van der Waals surface area (Å²) in [5.41, 5.74) is 4.75. The van der Waals surface area contributed by atoms with Gasteiger partial charge in [0.05, 0.1) is 6.61 Å². The lowest BCUT2D eigenvalue weighted by Crippen LogP contribution is -2.32. The molecule has 0 unspecified atom stereocenters.